The number of rotatable bonds is 3. The Labute approximate surface area is 129 Å². The molecule has 0 saturated carbocycles. The zero-order chi connectivity index (χ0) is 14.8. The van der Waals surface area contributed by atoms with Gasteiger partial charge in [0.25, 0.3) is 5.89 Å². The summed E-state index contributed by atoms with van der Waals surface area (Å²) < 4.78 is 6.23. The van der Waals surface area contributed by atoms with E-state index in [1.165, 1.54) is 0 Å². The molecule has 21 heavy (non-hydrogen) atoms. The first-order valence-corrected chi connectivity index (χ1v) is 7.18. The van der Waals surface area contributed by atoms with E-state index in [-0.39, 0.29) is 12.3 Å². The van der Waals surface area contributed by atoms with Crippen LogP contribution in [-0.2, 0) is 11.2 Å². The average molecular weight is 346 g/mol. The van der Waals surface area contributed by atoms with E-state index in [4.69, 9.17) is 4.52 Å². The molecule has 0 aliphatic heterocycles. The van der Waals surface area contributed by atoms with Gasteiger partial charge in [0.1, 0.15) is 0 Å². The second kappa shape index (κ2) is 5.65. The van der Waals surface area contributed by atoms with Crippen molar-refractivity contribution >= 4 is 32.6 Å². The Kier molecular flexibility index (Phi) is 3.70. The van der Waals surface area contributed by atoms with Gasteiger partial charge in [-0.1, -0.05) is 45.4 Å². The van der Waals surface area contributed by atoms with Gasteiger partial charge in [0.15, 0.2) is 5.82 Å². The number of nitrogens with zero attached hydrogens (tertiary/aromatic N) is 2. The molecule has 5 nitrogen and oxygen atoms in total. The molecule has 0 saturated heterocycles. The van der Waals surface area contributed by atoms with Crippen LogP contribution in [-0.4, -0.2) is 23.1 Å². The van der Waals surface area contributed by atoms with E-state index < -0.39 is 0 Å². The minimum atomic E-state index is -0.151. The van der Waals surface area contributed by atoms with E-state index >= 15 is 0 Å². The first kappa shape index (κ1) is 13.8. The molecule has 0 fully saturated rings. The first-order valence-electron chi connectivity index (χ1n) is 6.39. The average Bonchev–Trinajstić information content (AvgIpc) is 2.94. The number of hydrogen-bond acceptors (Lipinski definition) is 4. The standard InChI is InChI=1S/C15H12BrN3O2/c1-17-14(20)8-13-18-15(21-19-13)12-7-10(16)6-9-4-2-3-5-11(9)12/h2-7H,8H2,1H3,(H,17,20). The summed E-state index contributed by atoms with van der Waals surface area (Å²) in [6.07, 6.45) is 0.103. The third-order valence-corrected chi connectivity index (χ3v) is 3.58. The van der Waals surface area contributed by atoms with Gasteiger partial charge in [0, 0.05) is 17.1 Å². The van der Waals surface area contributed by atoms with Gasteiger partial charge in [-0.3, -0.25) is 4.79 Å². The highest BCUT2D eigenvalue weighted by Gasteiger charge is 2.14. The summed E-state index contributed by atoms with van der Waals surface area (Å²) >= 11 is 3.48. The first-order chi connectivity index (χ1) is 10.2. The Morgan fingerprint density at radius 2 is 2.14 bits per heavy atom. The predicted octanol–water partition coefficient (Wildman–Crippen LogP) is 2.94. The van der Waals surface area contributed by atoms with Crippen LogP contribution in [0.3, 0.4) is 0 Å². The van der Waals surface area contributed by atoms with Crippen LogP contribution in [0.2, 0.25) is 0 Å². The van der Waals surface area contributed by atoms with Gasteiger partial charge in [-0.05, 0) is 22.9 Å². The monoisotopic (exact) mass is 345 g/mol. The summed E-state index contributed by atoms with van der Waals surface area (Å²) in [7, 11) is 1.57. The van der Waals surface area contributed by atoms with Crippen LogP contribution in [0.25, 0.3) is 22.2 Å². The van der Waals surface area contributed by atoms with E-state index in [0.717, 1.165) is 20.8 Å². The SMILES string of the molecule is CNC(=O)Cc1noc(-c2cc(Br)cc3ccccc23)n1. The number of benzene rings is 2. The van der Waals surface area contributed by atoms with Crippen LogP contribution in [0, 0.1) is 0 Å². The lowest BCUT2D eigenvalue weighted by atomic mass is 10.0. The van der Waals surface area contributed by atoms with E-state index in [0.29, 0.717) is 11.7 Å². The fourth-order valence-electron chi connectivity index (χ4n) is 2.12. The van der Waals surface area contributed by atoms with Gasteiger partial charge in [0.2, 0.25) is 5.91 Å². The molecule has 3 aromatic rings. The van der Waals surface area contributed by atoms with Gasteiger partial charge in [-0.25, -0.2) is 0 Å². The lowest BCUT2D eigenvalue weighted by Gasteiger charge is -2.03. The third-order valence-electron chi connectivity index (χ3n) is 3.12. The number of carbonyl (C=O) groups excluding carboxylic acids is 1. The van der Waals surface area contributed by atoms with Crippen molar-refractivity contribution in [2.45, 2.75) is 6.42 Å². The molecule has 1 N–H and O–H groups in total. The van der Waals surface area contributed by atoms with Gasteiger partial charge in [-0.2, -0.15) is 4.98 Å². The van der Waals surface area contributed by atoms with Crippen molar-refractivity contribution in [3.05, 3.63) is 46.7 Å². The molecule has 1 heterocycles. The summed E-state index contributed by atoms with van der Waals surface area (Å²) in [6, 6.07) is 11.9. The molecule has 6 heteroatoms. The second-order valence-corrected chi connectivity index (χ2v) is 5.46. The highest BCUT2D eigenvalue weighted by Crippen LogP contribution is 2.31. The highest BCUT2D eigenvalue weighted by molar-refractivity contribution is 9.10. The molecular weight excluding hydrogens is 334 g/mol. The van der Waals surface area contributed by atoms with Gasteiger partial charge >= 0.3 is 0 Å². The van der Waals surface area contributed by atoms with E-state index in [1.807, 2.05) is 36.4 Å². The number of halogens is 1. The van der Waals surface area contributed by atoms with Crippen LogP contribution in [0.15, 0.2) is 45.4 Å². The van der Waals surface area contributed by atoms with Crippen molar-refractivity contribution in [1.29, 1.82) is 0 Å². The predicted molar refractivity (Wildman–Crippen MR) is 82.7 cm³/mol. The number of nitrogens with one attached hydrogen (secondary N) is 1. The molecule has 1 aromatic heterocycles. The Morgan fingerprint density at radius 1 is 1.33 bits per heavy atom. The fourth-order valence-corrected chi connectivity index (χ4v) is 2.59. The van der Waals surface area contributed by atoms with Crippen molar-refractivity contribution in [2.24, 2.45) is 0 Å². The maximum Gasteiger partial charge on any atom is 0.258 e. The molecule has 3 rings (SSSR count). The number of aromatic nitrogens is 2. The van der Waals surface area contributed by atoms with E-state index in [1.54, 1.807) is 7.05 Å². The second-order valence-electron chi connectivity index (χ2n) is 4.54. The number of fused-ring (bicyclic) bond motifs is 1. The Balaban J connectivity index is 2.06. The highest BCUT2D eigenvalue weighted by atomic mass is 79.9. The molecule has 0 spiro atoms. The molecule has 2 aromatic carbocycles. The van der Waals surface area contributed by atoms with Crippen LogP contribution in [0.5, 0.6) is 0 Å². The molecule has 0 aliphatic carbocycles. The topological polar surface area (TPSA) is 68.0 Å². The Bertz CT molecular complexity index is 814. The summed E-state index contributed by atoms with van der Waals surface area (Å²) in [5, 5.41) is 8.49. The van der Waals surface area contributed by atoms with Crippen LogP contribution in [0.1, 0.15) is 5.82 Å². The van der Waals surface area contributed by atoms with Crippen LogP contribution >= 0.6 is 15.9 Å². The minimum Gasteiger partial charge on any atom is -0.359 e. The smallest absolute Gasteiger partial charge is 0.258 e. The molecule has 0 radical (unpaired) electrons. The van der Waals surface area contributed by atoms with E-state index in [2.05, 4.69) is 31.4 Å². The maximum absolute atomic E-state index is 11.4. The summed E-state index contributed by atoms with van der Waals surface area (Å²) in [6.45, 7) is 0. The normalized spacial score (nSPS) is 10.8. The van der Waals surface area contributed by atoms with Crippen molar-refractivity contribution < 1.29 is 9.32 Å². The molecule has 0 unspecified atom stereocenters. The summed E-state index contributed by atoms with van der Waals surface area (Å²) in [5.74, 6) is 0.626. The zero-order valence-corrected chi connectivity index (χ0v) is 12.8. The largest absolute Gasteiger partial charge is 0.359 e. The number of carbonyl (C=O) groups is 1. The number of amides is 1. The molecule has 0 bridgehead atoms. The molecule has 0 atom stereocenters. The lowest BCUT2D eigenvalue weighted by molar-refractivity contribution is -0.120. The third kappa shape index (κ3) is 2.80. The zero-order valence-electron chi connectivity index (χ0n) is 11.3. The lowest BCUT2D eigenvalue weighted by Crippen LogP contribution is -2.20. The molecule has 106 valence electrons. The van der Waals surface area contributed by atoms with Crippen molar-refractivity contribution in [3.63, 3.8) is 0 Å². The Hall–Kier alpha value is -2.21. The maximum atomic E-state index is 11.4. The van der Waals surface area contributed by atoms with Crippen molar-refractivity contribution in [3.8, 4) is 11.5 Å². The van der Waals surface area contributed by atoms with Gasteiger partial charge < -0.3 is 9.84 Å². The van der Waals surface area contributed by atoms with Crippen molar-refractivity contribution in [2.75, 3.05) is 7.05 Å². The summed E-state index contributed by atoms with van der Waals surface area (Å²) in [5.41, 5.74) is 0.843. The quantitative estimate of drug-likeness (QED) is 0.792. The van der Waals surface area contributed by atoms with Crippen LogP contribution < -0.4 is 5.32 Å². The molecule has 0 aliphatic rings. The number of hydrogen-bond donors (Lipinski definition) is 1. The number of likely N-dealkylation sites (N-methyl/N-ethyl adjacent to an activating group) is 1. The van der Waals surface area contributed by atoms with Gasteiger partial charge in [0.05, 0.1) is 6.42 Å². The van der Waals surface area contributed by atoms with E-state index in [9.17, 15) is 4.79 Å². The van der Waals surface area contributed by atoms with Crippen LogP contribution in [0.4, 0.5) is 0 Å². The van der Waals surface area contributed by atoms with Crippen molar-refractivity contribution in [1.82, 2.24) is 15.5 Å². The molecule has 1 amide bonds. The minimum absolute atomic E-state index is 0.103. The Morgan fingerprint density at radius 3 is 2.95 bits per heavy atom. The molecular formula is C15H12BrN3O2. The summed E-state index contributed by atoms with van der Waals surface area (Å²) in [4.78, 5) is 15.7. The van der Waals surface area contributed by atoms with Gasteiger partial charge in [-0.15, -0.1) is 0 Å². The fraction of sp³-hybridized carbons (Fsp3) is 0.133.